The quantitative estimate of drug-likeness (QED) is 0.194. The maximum absolute atomic E-state index is 11.8. The third-order valence-corrected chi connectivity index (χ3v) is 3.26. The monoisotopic (exact) mass is 359 g/mol. The van der Waals surface area contributed by atoms with E-state index in [2.05, 4.69) is 5.32 Å². The van der Waals surface area contributed by atoms with Gasteiger partial charge in [0.05, 0.1) is 18.5 Å². The number of primary amides is 1. The van der Waals surface area contributed by atoms with Crippen LogP contribution in [0.15, 0.2) is 0 Å². The Balaban J connectivity index is 4.09. The Hall–Kier alpha value is -2.37. The number of nitrogens with one attached hydrogen (secondary N) is 2. The number of amides is 3. The summed E-state index contributed by atoms with van der Waals surface area (Å²) in [6.07, 6.45) is -0.749. The molecule has 0 radical (unpaired) electrons. The normalized spacial score (nSPS) is 14.2. The van der Waals surface area contributed by atoms with Crippen molar-refractivity contribution < 1.29 is 29.1 Å². The second-order valence-corrected chi connectivity index (χ2v) is 5.66. The molecule has 0 saturated carbocycles. The highest BCUT2D eigenvalue weighted by molar-refractivity contribution is 5.99. The van der Waals surface area contributed by atoms with Gasteiger partial charge in [-0.05, 0) is 0 Å². The predicted molar refractivity (Wildman–Crippen MR) is 86.8 cm³/mol. The summed E-state index contributed by atoms with van der Waals surface area (Å²) in [6, 6.07) is -2.26. The molecule has 0 rings (SSSR count). The molecule has 3 amide bonds. The van der Waals surface area contributed by atoms with E-state index in [4.69, 9.17) is 22.3 Å². The molecule has 0 heterocycles. The number of carbonyl (C=O) groups excluding carboxylic acids is 4. The number of hydrogen-bond donors (Lipinski definition) is 6. The highest BCUT2D eigenvalue weighted by atomic mass is 16.4. The Morgan fingerprint density at radius 1 is 1.00 bits per heavy atom. The van der Waals surface area contributed by atoms with Crippen LogP contribution in [0.4, 0.5) is 0 Å². The summed E-state index contributed by atoms with van der Waals surface area (Å²) in [5.74, 6) is -4.34. The summed E-state index contributed by atoms with van der Waals surface area (Å²) in [6.45, 7) is 1.94. The van der Waals surface area contributed by atoms with Gasteiger partial charge in [0.25, 0.3) is 0 Å². The van der Waals surface area contributed by atoms with E-state index in [1.54, 1.807) is 6.92 Å². The number of ketones is 1. The van der Waals surface area contributed by atoms with Crippen LogP contribution in [0.5, 0.6) is 0 Å². The summed E-state index contributed by atoms with van der Waals surface area (Å²) in [5, 5.41) is 13.4. The fraction of sp³-hybridized carbons (Fsp3) is 0.643. The number of Topliss-reactive ketones (excluding diaryl/α,β-unsaturated/α-hetero) is 1. The Morgan fingerprint density at radius 3 is 2.12 bits per heavy atom. The molecule has 142 valence electrons. The number of aliphatic carboxylic acids is 1. The van der Waals surface area contributed by atoms with Crippen molar-refractivity contribution in [1.82, 2.24) is 10.6 Å². The van der Waals surface area contributed by atoms with E-state index >= 15 is 0 Å². The molecule has 0 aromatic carbocycles. The van der Waals surface area contributed by atoms with E-state index in [1.807, 2.05) is 5.32 Å². The van der Waals surface area contributed by atoms with Gasteiger partial charge in [-0.3, -0.25) is 29.3 Å². The summed E-state index contributed by atoms with van der Waals surface area (Å²) >= 11 is 0. The molecular formula is C14H25N5O6. The van der Waals surface area contributed by atoms with E-state index in [-0.39, 0.29) is 31.7 Å². The summed E-state index contributed by atoms with van der Waals surface area (Å²) in [4.78, 5) is 56.1. The van der Waals surface area contributed by atoms with Crippen molar-refractivity contribution in [3.8, 4) is 0 Å². The van der Waals surface area contributed by atoms with Crippen molar-refractivity contribution in [2.45, 2.75) is 38.3 Å². The number of carboxylic acids is 1. The maximum atomic E-state index is 11.8. The number of carboxylic acid groups (broad SMARTS) is 1. The highest BCUT2D eigenvalue weighted by Crippen LogP contribution is 1.97. The van der Waals surface area contributed by atoms with Gasteiger partial charge in [-0.15, -0.1) is 0 Å². The first-order chi connectivity index (χ1) is 11.5. The second kappa shape index (κ2) is 11.2. The first-order valence-corrected chi connectivity index (χ1v) is 7.64. The third-order valence-electron chi connectivity index (χ3n) is 3.26. The lowest BCUT2D eigenvalue weighted by molar-refractivity contribution is -0.141. The van der Waals surface area contributed by atoms with Crippen molar-refractivity contribution in [1.29, 1.82) is 0 Å². The van der Waals surface area contributed by atoms with Crippen LogP contribution in [0.2, 0.25) is 0 Å². The molecule has 0 fully saturated rings. The molecule has 11 heteroatoms. The second-order valence-electron chi connectivity index (χ2n) is 5.66. The molecule has 9 N–H and O–H groups in total. The van der Waals surface area contributed by atoms with Crippen LogP contribution in [0.25, 0.3) is 0 Å². The minimum Gasteiger partial charge on any atom is -0.481 e. The van der Waals surface area contributed by atoms with E-state index in [1.165, 1.54) is 0 Å². The zero-order valence-electron chi connectivity index (χ0n) is 14.0. The average molecular weight is 359 g/mol. The lowest BCUT2D eigenvalue weighted by Crippen LogP contribution is -2.47. The largest absolute Gasteiger partial charge is 0.481 e. The fourth-order valence-corrected chi connectivity index (χ4v) is 1.76. The van der Waals surface area contributed by atoms with Gasteiger partial charge in [0.2, 0.25) is 17.7 Å². The van der Waals surface area contributed by atoms with E-state index < -0.39 is 48.1 Å². The van der Waals surface area contributed by atoms with Crippen LogP contribution in [0.3, 0.4) is 0 Å². The van der Waals surface area contributed by atoms with Gasteiger partial charge in [0.1, 0.15) is 0 Å². The predicted octanol–water partition coefficient (Wildman–Crippen LogP) is -3.18. The molecule has 0 aliphatic rings. The molecule has 0 aliphatic carbocycles. The molecule has 0 aromatic heterocycles. The molecule has 1 unspecified atom stereocenters. The fourth-order valence-electron chi connectivity index (χ4n) is 1.76. The number of imide groups is 1. The molecule has 0 saturated heterocycles. The number of nitrogens with two attached hydrogens (primary N) is 3. The minimum absolute atomic E-state index is 0.0607. The van der Waals surface area contributed by atoms with E-state index in [9.17, 15) is 24.0 Å². The zero-order valence-corrected chi connectivity index (χ0v) is 14.0. The molecule has 11 nitrogen and oxygen atoms in total. The van der Waals surface area contributed by atoms with Crippen molar-refractivity contribution in [2.24, 2.45) is 23.1 Å². The smallest absolute Gasteiger partial charge is 0.305 e. The SMILES string of the molecule is CC(CNCCC(=O)[C@@H](N)CC(N)=O)C(=O)NC(=O)[C@@H](N)CC(=O)O. The van der Waals surface area contributed by atoms with Crippen LogP contribution < -0.4 is 27.8 Å². The van der Waals surface area contributed by atoms with Crippen molar-refractivity contribution in [3.63, 3.8) is 0 Å². The Labute approximate surface area is 144 Å². The maximum Gasteiger partial charge on any atom is 0.305 e. The van der Waals surface area contributed by atoms with Crippen LogP contribution >= 0.6 is 0 Å². The molecule has 0 aliphatic heterocycles. The van der Waals surface area contributed by atoms with Gasteiger partial charge in [-0.25, -0.2) is 0 Å². The van der Waals surface area contributed by atoms with E-state index in [0.717, 1.165) is 0 Å². The summed E-state index contributed by atoms with van der Waals surface area (Å²) in [5.41, 5.74) is 15.8. The lowest BCUT2D eigenvalue weighted by atomic mass is 10.1. The Morgan fingerprint density at radius 2 is 1.60 bits per heavy atom. The Bertz CT molecular complexity index is 524. The topological polar surface area (TPSA) is 208 Å². The van der Waals surface area contributed by atoms with Crippen LogP contribution in [0, 0.1) is 5.92 Å². The van der Waals surface area contributed by atoms with Crippen LogP contribution in [-0.2, 0) is 24.0 Å². The van der Waals surface area contributed by atoms with Crippen LogP contribution in [-0.4, -0.2) is 59.8 Å². The van der Waals surface area contributed by atoms with Gasteiger partial charge in [-0.1, -0.05) is 6.92 Å². The van der Waals surface area contributed by atoms with Gasteiger partial charge >= 0.3 is 5.97 Å². The van der Waals surface area contributed by atoms with Gasteiger partial charge in [-0.2, -0.15) is 0 Å². The van der Waals surface area contributed by atoms with Crippen LogP contribution in [0.1, 0.15) is 26.2 Å². The standard InChI is InChI=1S/C14H25N5O6/c1-7(13(24)19-14(25)9(16)5-12(22)23)6-18-3-2-10(20)8(15)4-11(17)21/h7-9,18H,2-6,15-16H2,1H3,(H2,17,21)(H,22,23)(H,19,24,25)/t7?,8-,9-/m0/s1. The molecular weight excluding hydrogens is 334 g/mol. The first-order valence-electron chi connectivity index (χ1n) is 7.64. The lowest BCUT2D eigenvalue weighted by Gasteiger charge is -2.14. The molecule has 0 bridgehead atoms. The van der Waals surface area contributed by atoms with Gasteiger partial charge < -0.3 is 27.6 Å². The van der Waals surface area contributed by atoms with Crippen molar-refractivity contribution in [2.75, 3.05) is 13.1 Å². The molecule has 25 heavy (non-hydrogen) atoms. The van der Waals surface area contributed by atoms with Gasteiger partial charge in [0.15, 0.2) is 5.78 Å². The number of carbonyl (C=O) groups is 5. The molecule has 3 atom stereocenters. The Kier molecular flexibility index (Phi) is 10.2. The van der Waals surface area contributed by atoms with E-state index in [0.29, 0.717) is 0 Å². The first kappa shape index (κ1) is 22.6. The molecule has 0 spiro atoms. The van der Waals surface area contributed by atoms with Gasteiger partial charge in [0, 0.05) is 31.8 Å². The zero-order chi connectivity index (χ0) is 19.6. The minimum atomic E-state index is -1.31. The average Bonchev–Trinajstić information content (AvgIpc) is 2.49. The highest BCUT2D eigenvalue weighted by Gasteiger charge is 2.22. The number of rotatable bonds is 12. The molecule has 0 aromatic rings. The third kappa shape index (κ3) is 10.2. The van der Waals surface area contributed by atoms with Crippen molar-refractivity contribution >= 4 is 29.5 Å². The summed E-state index contributed by atoms with van der Waals surface area (Å²) in [7, 11) is 0. The number of hydrogen-bond acceptors (Lipinski definition) is 8. The van der Waals surface area contributed by atoms with Crippen molar-refractivity contribution in [3.05, 3.63) is 0 Å². The summed E-state index contributed by atoms with van der Waals surface area (Å²) < 4.78 is 0.